The molecule has 2 heterocycles. The number of carboxylic acids is 1. The van der Waals surface area contributed by atoms with Crippen LogP contribution in [0.3, 0.4) is 0 Å². The van der Waals surface area contributed by atoms with Crippen molar-refractivity contribution in [2.75, 3.05) is 0 Å². The third-order valence-corrected chi connectivity index (χ3v) is 6.58. The van der Waals surface area contributed by atoms with Crippen molar-refractivity contribution in [1.29, 1.82) is 0 Å². The second kappa shape index (κ2) is 7.27. The van der Waals surface area contributed by atoms with Gasteiger partial charge in [-0.2, -0.15) is 5.10 Å². The van der Waals surface area contributed by atoms with Gasteiger partial charge in [0, 0.05) is 23.5 Å². The fourth-order valence-corrected chi connectivity index (χ4v) is 4.94. The summed E-state index contributed by atoms with van der Waals surface area (Å²) in [5, 5.41) is 14.1. The number of aromatic nitrogens is 3. The average Bonchev–Trinajstić information content (AvgIpc) is 3.20. The van der Waals surface area contributed by atoms with Crippen LogP contribution in [0.2, 0.25) is 5.02 Å². The number of carboxylic acid groups (broad SMARTS) is 1. The molecule has 4 aromatic rings. The Labute approximate surface area is 176 Å². The quantitative estimate of drug-likeness (QED) is 0.403. The van der Waals surface area contributed by atoms with Gasteiger partial charge in [0.05, 0.1) is 32.9 Å². The molecule has 2 aromatic heterocycles. The zero-order chi connectivity index (χ0) is 20.0. The largest absolute Gasteiger partial charge is 0.478 e. The number of hydrogen-bond acceptors (Lipinski definition) is 3. The average molecular weight is 481 g/mol. The van der Waals surface area contributed by atoms with Crippen molar-refractivity contribution in [1.82, 2.24) is 14.3 Å². The molecule has 0 atom stereocenters. The van der Waals surface area contributed by atoms with Crippen LogP contribution in [0.15, 0.2) is 63.2 Å². The van der Waals surface area contributed by atoms with Gasteiger partial charge in [0.1, 0.15) is 4.60 Å². The van der Waals surface area contributed by atoms with E-state index in [4.69, 9.17) is 11.6 Å². The number of aromatic carboxylic acids is 1. The molecule has 142 valence electrons. The Bertz CT molecular complexity index is 1240. The van der Waals surface area contributed by atoms with Crippen molar-refractivity contribution < 1.29 is 14.3 Å². The molecule has 0 amide bonds. The van der Waals surface area contributed by atoms with Crippen LogP contribution >= 0.6 is 39.3 Å². The number of benzene rings is 2. The lowest BCUT2D eigenvalue weighted by atomic mass is 10.2. The molecule has 9 heteroatoms. The van der Waals surface area contributed by atoms with Crippen molar-refractivity contribution in [2.24, 2.45) is 7.05 Å². The van der Waals surface area contributed by atoms with Crippen LogP contribution in [0, 0.1) is 5.82 Å². The zero-order valence-electron chi connectivity index (χ0n) is 14.4. The van der Waals surface area contributed by atoms with Gasteiger partial charge in [0.2, 0.25) is 0 Å². The first-order chi connectivity index (χ1) is 13.4. The fraction of sp³-hybridized carbons (Fsp3) is 0.0526. The first-order valence-corrected chi connectivity index (χ1v) is 10.0. The maximum atomic E-state index is 15.0. The van der Waals surface area contributed by atoms with E-state index in [1.165, 1.54) is 23.9 Å². The maximum absolute atomic E-state index is 15.0. The Morgan fingerprint density at radius 3 is 2.79 bits per heavy atom. The molecule has 5 nitrogen and oxygen atoms in total. The van der Waals surface area contributed by atoms with Gasteiger partial charge < -0.3 is 5.11 Å². The van der Waals surface area contributed by atoms with Crippen molar-refractivity contribution in [3.05, 3.63) is 69.8 Å². The highest BCUT2D eigenvalue weighted by atomic mass is 79.9. The van der Waals surface area contributed by atoms with E-state index in [0.29, 0.717) is 21.2 Å². The fourth-order valence-electron chi connectivity index (χ4n) is 2.93. The zero-order valence-corrected chi connectivity index (χ0v) is 17.5. The SMILES string of the molecule is Cn1cc(-n2c(Br)c(Sc3cccc(C(=O)O)c3)c3ccc(Cl)c(F)c32)cn1. The molecule has 0 fully saturated rings. The highest BCUT2D eigenvalue weighted by Gasteiger charge is 2.23. The monoisotopic (exact) mass is 479 g/mol. The van der Waals surface area contributed by atoms with Gasteiger partial charge in [0.15, 0.2) is 5.82 Å². The van der Waals surface area contributed by atoms with Gasteiger partial charge in [-0.1, -0.05) is 29.4 Å². The van der Waals surface area contributed by atoms with Crippen LogP contribution in [0.5, 0.6) is 0 Å². The molecule has 0 aliphatic heterocycles. The molecule has 1 N–H and O–H groups in total. The van der Waals surface area contributed by atoms with Crippen LogP contribution < -0.4 is 0 Å². The number of carbonyl (C=O) groups is 1. The molecule has 0 aliphatic rings. The van der Waals surface area contributed by atoms with Crippen LogP contribution in [-0.4, -0.2) is 25.4 Å². The van der Waals surface area contributed by atoms with Crippen molar-refractivity contribution in [2.45, 2.75) is 9.79 Å². The molecule has 0 radical (unpaired) electrons. The van der Waals surface area contributed by atoms with Crippen LogP contribution in [0.1, 0.15) is 10.4 Å². The molecule has 28 heavy (non-hydrogen) atoms. The number of rotatable bonds is 4. The van der Waals surface area contributed by atoms with E-state index in [0.717, 1.165) is 9.79 Å². The third kappa shape index (κ3) is 3.21. The van der Waals surface area contributed by atoms with Gasteiger partial charge in [0.25, 0.3) is 0 Å². The van der Waals surface area contributed by atoms with Gasteiger partial charge >= 0.3 is 5.97 Å². The predicted octanol–water partition coefficient (Wildman–Crippen LogP) is 5.77. The van der Waals surface area contributed by atoms with E-state index in [9.17, 15) is 14.3 Å². The lowest BCUT2D eigenvalue weighted by Gasteiger charge is -2.05. The summed E-state index contributed by atoms with van der Waals surface area (Å²) in [6, 6.07) is 9.86. The number of halogens is 3. The standard InChI is InChI=1S/C19H12BrClFN3O2S/c1-24-9-11(8-23-24)25-16-13(5-6-14(21)15(16)22)17(18(25)20)28-12-4-2-3-10(7-12)19(26)27/h2-9H,1H3,(H,26,27). The number of hydrogen-bond donors (Lipinski definition) is 1. The summed E-state index contributed by atoms with van der Waals surface area (Å²) in [5.74, 6) is -1.54. The summed E-state index contributed by atoms with van der Waals surface area (Å²) >= 11 is 11.0. The summed E-state index contributed by atoms with van der Waals surface area (Å²) < 4.78 is 18.9. The van der Waals surface area contributed by atoms with E-state index in [2.05, 4.69) is 21.0 Å². The predicted molar refractivity (Wildman–Crippen MR) is 110 cm³/mol. The molecule has 2 aromatic carbocycles. The smallest absolute Gasteiger partial charge is 0.335 e. The molecular formula is C19H12BrClFN3O2S. The minimum absolute atomic E-state index is 0.0204. The first-order valence-electron chi connectivity index (χ1n) is 8.05. The third-order valence-electron chi connectivity index (χ3n) is 4.17. The number of fused-ring (bicyclic) bond motifs is 1. The van der Waals surface area contributed by atoms with E-state index >= 15 is 0 Å². The molecule has 0 aliphatic carbocycles. The molecule has 0 unspecified atom stereocenters. The van der Waals surface area contributed by atoms with Gasteiger partial charge in [-0.05, 0) is 46.3 Å². The van der Waals surface area contributed by atoms with E-state index < -0.39 is 11.8 Å². The summed E-state index contributed by atoms with van der Waals surface area (Å²) in [6.45, 7) is 0. The van der Waals surface area contributed by atoms with Crippen molar-refractivity contribution in [3.8, 4) is 5.69 Å². The van der Waals surface area contributed by atoms with Crippen molar-refractivity contribution in [3.63, 3.8) is 0 Å². The highest BCUT2D eigenvalue weighted by molar-refractivity contribution is 9.10. The summed E-state index contributed by atoms with van der Waals surface area (Å²) in [6.07, 6.45) is 3.40. The van der Waals surface area contributed by atoms with Crippen LogP contribution in [-0.2, 0) is 7.05 Å². The molecule has 4 rings (SSSR count). The summed E-state index contributed by atoms with van der Waals surface area (Å²) in [4.78, 5) is 12.7. The number of aryl methyl sites for hydroxylation is 1. The van der Waals surface area contributed by atoms with Crippen molar-refractivity contribution >= 4 is 56.2 Å². The molecular weight excluding hydrogens is 469 g/mol. The van der Waals surface area contributed by atoms with Crippen LogP contribution in [0.25, 0.3) is 16.6 Å². The van der Waals surface area contributed by atoms with E-state index in [1.807, 2.05) is 6.07 Å². The molecule has 0 bridgehead atoms. The van der Waals surface area contributed by atoms with Gasteiger partial charge in [-0.15, -0.1) is 0 Å². The van der Waals surface area contributed by atoms with E-state index in [1.54, 1.807) is 46.9 Å². The highest BCUT2D eigenvalue weighted by Crippen LogP contribution is 2.44. The van der Waals surface area contributed by atoms with Gasteiger partial charge in [-0.3, -0.25) is 9.25 Å². The lowest BCUT2D eigenvalue weighted by Crippen LogP contribution is -1.95. The lowest BCUT2D eigenvalue weighted by molar-refractivity contribution is 0.0696. The van der Waals surface area contributed by atoms with Gasteiger partial charge in [-0.25, -0.2) is 9.18 Å². The minimum atomic E-state index is -1.00. The number of nitrogens with zero attached hydrogens (tertiary/aromatic N) is 3. The summed E-state index contributed by atoms with van der Waals surface area (Å²) in [5.41, 5.74) is 1.18. The Balaban J connectivity index is 1.95. The van der Waals surface area contributed by atoms with Crippen LogP contribution in [0.4, 0.5) is 4.39 Å². The summed E-state index contributed by atoms with van der Waals surface area (Å²) in [7, 11) is 1.78. The Morgan fingerprint density at radius 2 is 2.11 bits per heavy atom. The normalized spacial score (nSPS) is 11.3. The Kier molecular flexibility index (Phi) is 4.95. The molecule has 0 spiro atoms. The minimum Gasteiger partial charge on any atom is -0.478 e. The van der Waals surface area contributed by atoms with E-state index in [-0.39, 0.29) is 10.6 Å². The first kappa shape index (κ1) is 19.0. The molecule has 0 saturated carbocycles. The Hall–Kier alpha value is -2.29. The second-order valence-electron chi connectivity index (χ2n) is 6.02. The second-order valence-corrected chi connectivity index (χ2v) is 8.26. The Morgan fingerprint density at radius 1 is 1.32 bits per heavy atom. The molecule has 0 saturated heterocycles. The maximum Gasteiger partial charge on any atom is 0.335 e. The topological polar surface area (TPSA) is 60.0 Å².